The fraction of sp³-hybridized carbons (Fsp3) is 0.809. The van der Waals surface area contributed by atoms with Crippen LogP contribution in [0.25, 0.3) is 0 Å². The average molecular weight is 1240 g/mol. The third-order valence-electron chi connectivity index (χ3n) is 16.5. The van der Waals surface area contributed by atoms with Gasteiger partial charge in [0.2, 0.25) is 5.91 Å². The number of unbranched alkanes of at least 4 members (excludes halogenated alkanes) is 24. The molecule has 0 radical (unpaired) electrons. The summed E-state index contributed by atoms with van der Waals surface area (Å²) in [4.78, 5) is 13.4. The van der Waals surface area contributed by atoms with Crippen LogP contribution in [0.3, 0.4) is 0 Å². The van der Waals surface area contributed by atoms with E-state index < -0.39 is 124 Å². The minimum atomic E-state index is -1.98. The van der Waals surface area contributed by atoms with Crippen molar-refractivity contribution in [2.45, 2.75) is 324 Å². The first kappa shape index (κ1) is 78.5. The fourth-order valence-electron chi connectivity index (χ4n) is 11.0. The lowest BCUT2D eigenvalue weighted by Crippen LogP contribution is -2.66. The van der Waals surface area contributed by atoms with Gasteiger partial charge < -0.3 is 89.9 Å². The lowest BCUT2D eigenvalue weighted by atomic mass is 9.96. The van der Waals surface area contributed by atoms with Gasteiger partial charge in [-0.1, -0.05) is 222 Å². The molecule has 0 bridgehead atoms. The maximum Gasteiger partial charge on any atom is 0.220 e. The molecular weight excluding hydrogens is 1120 g/mol. The molecule has 0 aromatic heterocycles. The Bertz CT molecular complexity index is 1860. The fourth-order valence-corrected chi connectivity index (χ4v) is 11.0. The quantitative estimate of drug-likeness (QED) is 0.0202. The zero-order valence-corrected chi connectivity index (χ0v) is 53.0. The van der Waals surface area contributed by atoms with E-state index in [1.54, 1.807) is 6.08 Å². The molecule has 0 saturated carbocycles. The van der Waals surface area contributed by atoms with Gasteiger partial charge in [-0.2, -0.15) is 0 Å². The van der Waals surface area contributed by atoms with Crippen LogP contribution >= 0.6 is 0 Å². The standard InChI is InChI=1S/C68H119NO18/c1-3-5-7-9-11-13-15-17-19-21-22-23-24-25-26-27-28-30-32-34-36-38-40-42-44-46-56(74)69-51(52(73)45-43-41-39-37-35-33-31-29-20-18-16-14-12-10-8-6-4-2)50-82-66-62(80)59(77)64(54(48-71)84-66)87-68-63(81)60(78)65(55(49-72)85-68)86-67-61(79)58(76)57(75)53(47-70)83-67/h5,7,11,13,17,19,22-23,25-26,43,45,51-55,57-68,70-73,75-81H,3-4,6,8-10,12,14-16,18,20-21,24,27-42,44,46-50H2,1-2H3,(H,69,74)/b7-5-,13-11-,19-17-,23-22-,26-25-,45-43+. The number of hydrogen-bond acceptors (Lipinski definition) is 18. The summed E-state index contributed by atoms with van der Waals surface area (Å²) >= 11 is 0. The second-order valence-electron chi connectivity index (χ2n) is 23.9. The number of carbonyl (C=O) groups excluding carboxylic acids is 1. The number of aliphatic hydroxyl groups is 11. The first-order chi connectivity index (χ1) is 42.3. The Kier molecular flexibility index (Phi) is 45.0. The smallest absolute Gasteiger partial charge is 0.220 e. The Balaban J connectivity index is 1.45. The van der Waals surface area contributed by atoms with Gasteiger partial charge in [0.05, 0.1) is 38.6 Å². The zero-order chi connectivity index (χ0) is 63.3. The molecule has 12 N–H and O–H groups in total. The van der Waals surface area contributed by atoms with Gasteiger partial charge in [0.25, 0.3) is 0 Å². The van der Waals surface area contributed by atoms with Gasteiger partial charge in [-0.3, -0.25) is 4.79 Å². The highest BCUT2D eigenvalue weighted by atomic mass is 16.8. The van der Waals surface area contributed by atoms with Crippen molar-refractivity contribution in [1.82, 2.24) is 5.32 Å². The third-order valence-corrected chi connectivity index (χ3v) is 16.5. The van der Waals surface area contributed by atoms with Crippen LogP contribution in [0.5, 0.6) is 0 Å². The zero-order valence-electron chi connectivity index (χ0n) is 53.0. The number of amides is 1. The van der Waals surface area contributed by atoms with Crippen molar-refractivity contribution in [3.63, 3.8) is 0 Å². The maximum absolute atomic E-state index is 13.4. The van der Waals surface area contributed by atoms with Crippen LogP contribution in [0.1, 0.15) is 219 Å². The molecule has 3 aliphatic heterocycles. The topological polar surface area (TPSA) is 307 Å². The molecule has 3 aliphatic rings. The van der Waals surface area contributed by atoms with E-state index in [2.05, 4.69) is 79.9 Å². The molecule has 17 unspecified atom stereocenters. The minimum Gasteiger partial charge on any atom is -0.394 e. The van der Waals surface area contributed by atoms with Crippen molar-refractivity contribution >= 4 is 5.91 Å². The van der Waals surface area contributed by atoms with Crippen LogP contribution in [0, 0.1) is 0 Å². The van der Waals surface area contributed by atoms with Crippen molar-refractivity contribution in [3.8, 4) is 0 Å². The highest BCUT2D eigenvalue weighted by molar-refractivity contribution is 5.76. The van der Waals surface area contributed by atoms with Crippen LogP contribution in [-0.4, -0.2) is 193 Å². The van der Waals surface area contributed by atoms with E-state index in [1.165, 1.54) is 103 Å². The molecule has 0 aromatic rings. The summed E-state index contributed by atoms with van der Waals surface area (Å²) in [5.74, 6) is -0.284. The van der Waals surface area contributed by atoms with Crippen LogP contribution in [0.4, 0.5) is 0 Å². The van der Waals surface area contributed by atoms with Gasteiger partial charge in [0, 0.05) is 6.42 Å². The minimum absolute atomic E-state index is 0.232. The Morgan fingerprint density at radius 2 is 0.793 bits per heavy atom. The Morgan fingerprint density at radius 3 is 1.24 bits per heavy atom. The van der Waals surface area contributed by atoms with Gasteiger partial charge in [-0.05, 0) is 64.2 Å². The number of rotatable bonds is 50. The Morgan fingerprint density at radius 1 is 0.425 bits per heavy atom. The molecule has 0 spiro atoms. The number of ether oxygens (including phenoxy) is 6. The molecule has 0 aromatic carbocycles. The number of nitrogens with one attached hydrogen (secondary N) is 1. The van der Waals surface area contributed by atoms with Gasteiger partial charge in [0.1, 0.15) is 73.2 Å². The Labute approximate surface area is 521 Å². The van der Waals surface area contributed by atoms with Gasteiger partial charge in [-0.15, -0.1) is 0 Å². The third kappa shape index (κ3) is 32.4. The van der Waals surface area contributed by atoms with Crippen molar-refractivity contribution in [1.29, 1.82) is 0 Å². The summed E-state index contributed by atoms with van der Waals surface area (Å²) in [7, 11) is 0. The summed E-state index contributed by atoms with van der Waals surface area (Å²) < 4.78 is 34.3. The first-order valence-electron chi connectivity index (χ1n) is 33.7. The number of aliphatic hydroxyl groups excluding tert-OH is 11. The predicted octanol–water partition coefficient (Wildman–Crippen LogP) is 8.16. The summed E-state index contributed by atoms with van der Waals surface area (Å²) in [5, 5.41) is 120. The Hall–Kier alpha value is -2.77. The number of hydrogen-bond donors (Lipinski definition) is 12. The molecular formula is C68H119NO18. The highest BCUT2D eigenvalue weighted by Gasteiger charge is 2.53. The molecule has 0 aliphatic carbocycles. The molecule has 17 atom stereocenters. The van der Waals surface area contributed by atoms with Crippen molar-refractivity contribution in [2.75, 3.05) is 26.4 Å². The molecule has 3 rings (SSSR count). The first-order valence-corrected chi connectivity index (χ1v) is 33.7. The van der Waals surface area contributed by atoms with E-state index in [1.807, 2.05) is 6.08 Å². The van der Waals surface area contributed by atoms with Crippen molar-refractivity contribution < 1.29 is 89.4 Å². The average Bonchev–Trinajstić information content (AvgIpc) is 1.15. The number of carbonyl (C=O) groups is 1. The molecule has 19 nitrogen and oxygen atoms in total. The monoisotopic (exact) mass is 1240 g/mol. The predicted molar refractivity (Wildman–Crippen MR) is 337 cm³/mol. The molecule has 504 valence electrons. The summed E-state index contributed by atoms with van der Waals surface area (Å²) in [6.45, 7) is 1.61. The molecule has 3 heterocycles. The second kappa shape index (κ2) is 49.9. The highest BCUT2D eigenvalue weighted by Crippen LogP contribution is 2.33. The van der Waals surface area contributed by atoms with Gasteiger partial charge >= 0.3 is 0 Å². The van der Waals surface area contributed by atoms with Crippen LogP contribution in [0.15, 0.2) is 72.9 Å². The SMILES string of the molecule is CC/C=C\C/C=C\C/C=C\C/C=C\C/C=C\CCCCCCCCCCCC(=O)NC(COC1OC(CO)C(OC2OC(CO)C(OC3OC(CO)C(O)C(O)C3O)C(O)C2O)C(O)C1O)C(O)/C=C/CCCCCCCCCCCCCCCCC. The van der Waals surface area contributed by atoms with E-state index in [0.717, 1.165) is 89.9 Å². The van der Waals surface area contributed by atoms with E-state index in [9.17, 15) is 61.0 Å². The maximum atomic E-state index is 13.4. The summed E-state index contributed by atoms with van der Waals surface area (Å²) in [6, 6.07) is -0.980. The van der Waals surface area contributed by atoms with Crippen LogP contribution < -0.4 is 5.32 Å². The molecule has 3 saturated heterocycles. The van der Waals surface area contributed by atoms with E-state index in [4.69, 9.17) is 28.4 Å². The lowest BCUT2D eigenvalue weighted by molar-refractivity contribution is -0.379. The van der Waals surface area contributed by atoms with Crippen LogP contribution in [0.2, 0.25) is 0 Å². The molecule has 19 heteroatoms. The van der Waals surface area contributed by atoms with E-state index in [-0.39, 0.29) is 18.9 Å². The molecule has 1 amide bonds. The van der Waals surface area contributed by atoms with Gasteiger partial charge in [0.15, 0.2) is 18.9 Å². The van der Waals surface area contributed by atoms with Gasteiger partial charge in [-0.25, -0.2) is 0 Å². The lowest BCUT2D eigenvalue weighted by Gasteiger charge is -2.48. The molecule has 87 heavy (non-hydrogen) atoms. The van der Waals surface area contributed by atoms with Crippen LogP contribution in [-0.2, 0) is 33.2 Å². The largest absolute Gasteiger partial charge is 0.394 e. The van der Waals surface area contributed by atoms with Crippen molar-refractivity contribution in [3.05, 3.63) is 72.9 Å². The second-order valence-corrected chi connectivity index (χ2v) is 23.9. The number of allylic oxidation sites excluding steroid dienone is 11. The molecule has 3 fully saturated rings. The van der Waals surface area contributed by atoms with E-state index in [0.29, 0.717) is 6.42 Å². The summed E-state index contributed by atoms with van der Waals surface area (Å²) in [5.41, 5.74) is 0. The normalized spacial score (nSPS) is 29.0. The van der Waals surface area contributed by atoms with Crippen molar-refractivity contribution in [2.24, 2.45) is 0 Å². The summed E-state index contributed by atoms with van der Waals surface area (Å²) in [6.07, 6.45) is 34.3. The van der Waals surface area contributed by atoms with E-state index >= 15 is 0 Å².